The molecule has 0 spiro atoms. The second-order valence-electron chi connectivity index (χ2n) is 4.54. The van der Waals surface area contributed by atoms with E-state index in [4.69, 9.17) is 4.52 Å². The number of aryl methyl sites for hydroxylation is 1. The minimum atomic E-state index is -0.0961. The Morgan fingerprint density at radius 1 is 1.40 bits per heavy atom. The highest BCUT2D eigenvalue weighted by molar-refractivity contribution is 9.10. The molecule has 0 bridgehead atoms. The number of thiophene rings is 1. The SMILES string of the molecule is Cc1nn(C(C)c2nc(-c3cccs3)no2)c(C)c1Br. The van der Waals surface area contributed by atoms with E-state index in [1.54, 1.807) is 11.3 Å². The van der Waals surface area contributed by atoms with Gasteiger partial charge in [0.1, 0.15) is 6.04 Å². The molecule has 7 heteroatoms. The van der Waals surface area contributed by atoms with E-state index in [9.17, 15) is 0 Å². The van der Waals surface area contributed by atoms with Crippen LogP contribution in [0.25, 0.3) is 10.7 Å². The highest BCUT2D eigenvalue weighted by Crippen LogP contribution is 2.27. The summed E-state index contributed by atoms with van der Waals surface area (Å²) in [5, 5.41) is 10.5. The van der Waals surface area contributed by atoms with Gasteiger partial charge in [0.15, 0.2) is 0 Å². The Hall–Kier alpha value is -1.47. The molecule has 3 rings (SSSR count). The first kappa shape index (κ1) is 13.5. The molecule has 0 aliphatic carbocycles. The van der Waals surface area contributed by atoms with Crippen molar-refractivity contribution in [1.29, 1.82) is 0 Å². The molecule has 1 unspecified atom stereocenters. The molecule has 0 aliphatic rings. The number of halogens is 1. The van der Waals surface area contributed by atoms with Crippen molar-refractivity contribution in [2.24, 2.45) is 0 Å². The summed E-state index contributed by atoms with van der Waals surface area (Å²) in [7, 11) is 0. The van der Waals surface area contributed by atoms with Gasteiger partial charge in [-0.25, -0.2) is 0 Å². The predicted octanol–water partition coefficient (Wildman–Crippen LogP) is 3.98. The van der Waals surface area contributed by atoms with E-state index in [0.717, 1.165) is 20.7 Å². The molecule has 0 amide bonds. The number of hydrogen-bond acceptors (Lipinski definition) is 5. The summed E-state index contributed by atoms with van der Waals surface area (Å²) >= 11 is 5.12. The summed E-state index contributed by atoms with van der Waals surface area (Å²) in [6.07, 6.45) is 0. The van der Waals surface area contributed by atoms with Gasteiger partial charge in [-0.2, -0.15) is 10.1 Å². The maximum Gasteiger partial charge on any atom is 0.251 e. The summed E-state index contributed by atoms with van der Waals surface area (Å²) in [5.74, 6) is 1.19. The van der Waals surface area contributed by atoms with E-state index in [2.05, 4.69) is 31.2 Å². The average molecular weight is 353 g/mol. The maximum absolute atomic E-state index is 5.38. The molecule has 0 aliphatic heterocycles. The molecule has 1 atom stereocenters. The van der Waals surface area contributed by atoms with Gasteiger partial charge in [-0.1, -0.05) is 11.2 Å². The lowest BCUT2D eigenvalue weighted by molar-refractivity contribution is 0.334. The zero-order valence-electron chi connectivity index (χ0n) is 11.3. The minimum absolute atomic E-state index is 0.0961. The fraction of sp³-hybridized carbons (Fsp3) is 0.308. The largest absolute Gasteiger partial charge is 0.337 e. The van der Waals surface area contributed by atoms with Gasteiger partial charge in [0.25, 0.3) is 5.89 Å². The molecule has 0 aromatic carbocycles. The normalized spacial score (nSPS) is 12.8. The lowest BCUT2D eigenvalue weighted by Crippen LogP contribution is -2.10. The molecule has 20 heavy (non-hydrogen) atoms. The quantitative estimate of drug-likeness (QED) is 0.715. The summed E-state index contributed by atoms with van der Waals surface area (Å²) in [6, 6.07) is 3.85. The lowest BCUT2D eigenvalue weighted by Gasteiger charge is -2.09. The number of nitrogens with zero attached hydrogens (tertiary/aromatic N) is 4. The highest BCUT2D eigenvalue weighted by atomic mass is 79.9. The zero-order valence-corrected chi connectivity index (χ0v) is 13.7. The van der Waals surface area contributed by atoms with Crippen molar-refractivity contribution in [3.05, 3.63) is 39.3 Å². The van der Waals surface area contributed by atoms with Crippen LogP contribution >= 0.6 is 27.3 Å². The summed E-state index contributed by atoms with van der Waals surface area (Å²) in [5.41, 5.74) is 2.00. The Bertz CT molecular complexity index is 732. The molecule has 3 aromatic heterocycles. The van der Waals surface area contributed by atoms with Gasteiger partial charge < -0.3 is 4.52 Å². The van der Waals surface area contributed by atoms with Crippen LogP contribution in [0.2, 0.25) is 0 Å². The van der Waals surface area contributed by atoms with Gasteiger partial charge in [0.2, 0.25) is 5.82 Å². The van der Waals surface area contributed by atoms with Gasteiger partial charge in [0.05, 0.1) is 20.7 Å². The van der Waals surface area contributed by atoms with E-state index >= 15 is 0 Å². The van der Waals surface area contributed by atoms with Crippen molar-refractivity contribution in [2.45, 2.75) is 26.8 Å². The third kappa shape index (κ3) is 2.20. The van der Waals surface area contributed by atoms with Crippen molar-refractivity contribution in [3.63, 3.8) is 0 Å². The Morgan fingerprint density at radius 2 is 2.20 bits per heavy atom. The molecular weight excluding hydrogens is 340 g/mol. The Kier molecular flexibility index (Phi) is 3.47. The van der Waals surface area contributed by atoms with Gasteiger partial charge in [-0.3, -0.25) is 4.68 Å². The van der Waals surface area contributed by atoms with E-state index < -0.39 is 0 Å². The third-order valence-electron chi connectivity index (χ3n) is 3.14. The molecule has 3 aromatic rings. The van der Waals surface area contributed by atoms with E-state index in [0.29, 0.717) is 11.7 Å². The van der Waals surface area contributed by atoms with E-state index in [1.807, 2.05) is 43.0 Å². The van der Waals surface area contributed by atoms with Gasteiger partial charge in [-0.05, 0) is 48.1 Å². The molecule has 5 nitrogen and oxygen atoms in total. The van der Waals surface area contributed by atoms with Crippen LogP contribution in [0.5, 0.6) is 0 Å². The maximum atomic E-state index is 5.38. The Labute approximate surface area is 128 Å². The van der Waals surface area contributed by atoms with Gasteiger partial charge in [-0.15, -0.1) is 11.3 Å². The Morgan fingerprint density at radius 3 is 2.80 bits per heavy atom. The van der Waals surface area contributed by atoms with Gasteiger partial charge in [0, 0.05) is 0 Å². The fourth-order valence-corrected chi connectivity index (χ4v) is 2.95. The number of aromatic nitrogens is 4. The molecular formula is C13H13BrN4OS. The monoisotopic (exact) mass is 352 g/mol. The second-order valence-corrected chi connectivity index (χ2v) is 6.28. The Balaban J connectivity index is 1.95. The lowest BCUT2D eigenvalue weighted by atomic mass is 10.3. The molecule has 0 saturated heterocycles. The molecule has 0 fully saturated rings. The minimum Gasteiger partial charge on any atom is -0.337 e. The molecule has 104 valence electrons. The van der Waals surface area contributed by atoms with Crippen LogP contribution in [0, 0.1) is 13.8 Å². The van der Waals surface area contributed by atoms with Crippen LogP contribution in [0.3, 0.4) is 0 Å². The van der Waals surface area contributed by atoms with Crippen LogP contribution in [0.1, 0.15) is 30.2 Å². The second kappa shape index (κ2) is 5.14. The van der Waals surface area contributed by atoms with Crippen molar-refractivity contribution < 1.29 is 4.52 Å². The first-order valence-electron chi connectivity index (χ1n) is 6.16. The summed E-state index contributed by atoms with van der Waals surface area (Å²) in [6.45, 7) is 5.97. The average Bonchev–Trinajstić information content (AvgIpc) is 3.14. The summed E-state index contributed by atoms with van der Waals surface area (Å²) < 4.78 is 8.29. The van der Waals surface area contributed by atoms with E-state index in [1.165, 1.54) is 0 Å². The highest BCUT2D eigenvalue weighted by Gasteiger charge is 2.21. The molecule has 0 radical (unpaired) electrons. The van der Waals surface area contributed by atoms with Crippen LogP contribution in [0.15, 0.2) is 26.5 Å². The first-order chi connectivity index (χ1) is 9.58. The number of hydrogen-bond donors (Lipinski definition) is 0. The van der Waals surface area contributed by atoms with Crippen molar-refractivity contribution in [3.8, 4) is 10.7 Å². The smallest absolute Gasteiger partial charge is 0.251 e. The van der Waals surface area contributed by atoms with Crippen molar-refractivity contribution in [1.82, 2.24) is 19.9 Å². The standard InChI is InChI=1S/C13H13BrN4OS/c1-7-11(14)8(2)18(16-7)9(3)13-15-12(17-19-13)10-5-4-6-20-10/h4-6,9H,1-3H3. The van der Waals surface area contributed by atoms with Crippen LogP contribution in [-0.2, 0) is 0 Å². The summed E-state index contributed by atoms with van der Waals surface area (Å²) in [4.78, 5) is 5.47. The third-order valence-corrected chi connectivity index (χ3v) is 5.16. The van der Waals surface area contributed by atoms with E-state index in [-0.39, 0.29) is 6.04 Å². The molecule has 0 saturated carbocycles. The van der Waals surface area contributed by atoms with Gasteiger partial charge >= 0.3 is 0 Å². The fourth-order valence-electron chi connectivity index (χ4n) is 2.04. The number of rotatable bonds is 3. The first-order valence-corrected chi connectivity index (χ1v) is 7.84. The van der Waals surface area contributed by atoms with Crippen LogP contribution in [-0.4, -0.2) is 19.9 Å². The zero-order chi connectivity index (χ0) is 14.3. The van der Waals surface area contributed by atoms with Crippen LogP contribution < -0.4 is 0 Å². The predicted molar refractivity (Wildman–Crippen MR) is 80.8 cm³/mol. The van der Waals surface area contributed by atoms with Crippen molar-refractivity contribution in [2.75, 3.05) is 0 Å². The van der Waals surface area contributed by atoms with Crippen LogP contribution in [0.4, 0.5) is 0 Å². The van der Waals surface area contributed by atoms with Crippen molar-refractivity contribution >= 4 is 27.3 Å². The molecule has 3 heterocycles. The topological polar surface area (TPSA) is 56.7 Å². The molecule has 0 N–H and O–H groups in total.